The monoisotopic (exact) mass is 342 g/mol. The second-order valence-corrected chi connectivity index (χ2v) is 3.79. The molecule has 0 N–H and O–H groups in total. The zero-order chi connectivity index (χ0) is 18.1. The predicted octanol–water partition coefficient (Wildman–Crippen LogP) is 4.85. The highest BCUT2D eigenvalue weighted by atomic mass is 19.2. The van der Waals surface area contributed by atoms with Crippen LogP contribution in [0.4, 0.5) is 39.5 Å². The summed E-state index contributed by atoms with van der Waals surface area (Å²) in [5.41, 5.74) is -3.54. The van der Waals surface area contributed by atoms with Gasteiger partial charge in [0.2, 0.25) is 5.82 Å². The fraction of sp³-hybridized carbons (Fsp3) is 0. The normalized spacial score (nSPS) is 10.2. The number of halogens is 9. The quantitative estimate of drug-likeness (QED) is 0.301. The first-order valence-corrected chi connectivity index (χ1v) is 5.36. The summed E-state index contributed by atoms with van der Waals surface area (Å²) < 4.78 is 118. The topological polar surface area (TPSA) is 0 Å². The van der Waals surface area contributed by atoms with E-state index in [0.29, 0.717) is 0 Å². The molecular weight excluding hydrogens is 339 g/mol. The Morgan fingerprint density at radius 1 is 0.478 bits per heavy atom. The molecule has 0 spiro atoms. The summed E-state index contributed by atoms with van der Waals surface area (Å²) in [4.78, 5) is 0. The van der Waals surface area contributed by atoms with Crippen molar-refractivity contribution in [3.63, 3.8) is 0 Å². The highest BCUT2D eigenvalue weighted by molar-refractivity contribution is 5.66. The predicted molar refractivity (Wildman–Crippen MR) is 61.4 cm³/mol. The van der Waals surface area contributed by atoms with Gasteiger partial charge in [-0.1, -0.05) is 0 Å². The van der Waals surface area contributed by atoms with Crippen molar-refractivity contribution in [1.29, 1.82) is 0 Å². The Morgan fingerprint density at radius 2 is 0.826 bits per heavy atom. The van der Waals surface area contributed by atoms with Gasteiger partial charge in [-0.05, 0) is 6.07 Å². The molecule has 0 aliphatic heterocycles. The van der Waals surface area contributed by atoms with Crippen LogP contribution in [0.25, 0.3) is 11.1 Å². The van der Waals surface area contributed by atoms with Gasteiger partial charge in [-0.25, -0.2) is 39.5 Å². The van der Waals surface area contributed by atoms with E-state index in [4.69, 9.17) is 0 Å². The van der Waals surface area contributed by atoms with E-state index in [9.17, 15) is 39.5 Å². The van der Waals surface area contributed by atoms with Crippen LogP contribution in [0.1, 0.15) is 0 Å². The Bertz CT molecular complexity index is 764. The molecule has 0 aliphatic carbocycles. The van der Waals surface area contributed by atoms with Crippen LogP contribution in [0.15, 0.2) is 6.07 Å². The van der Waals surface area contributed by atoms with Crippen molar-refractivity contribution in [2.45, 2.75) is 0 Å². The molecule has 0 atom stereocenters. The lowest BCUT2D eigenvalue weighted by molar-refractivity contribution is 0.379. The molecular formula is C14H3F9. The molecule has 23 heavy (non-hydrogen) atoms. The van der Waals surface area contributed by atoms with Crippen molar-refractivity contribution in [1.82, 2.24) is 0 Å². The van der Waals surface area contributed by atoms with Crippen molar-refractivity contribution in [3.05, 3.63) is 58.4 Å². The minimum atomic E-state index is -2.53. The summed E-state index contributed by atoms with van der Waals surface area (Å²) in [7, 11) is 0. The molecule has 0 aromatic heterocycles. The molecule has 0 nitrogen and oxygen atoms in total. The molecule has 0 saturated heterocycles. The highest BCUT2D eigenvalue weighted by Crippen LogP contribution is 2.34. The summed E-state index contributed by atoms with van der Waals surface area (Å²) in [6.45, 7) is 0. The van der Waals surface area contributed by atoms with Crippen LogP contribution in [0.3, 0.4) is 0 Å². The Hall–Kier alpha value is -2.63. The van der Waals surface area contributed by atoms with Crippen molar-refractivity contribution in [2.75, 3.05) is 0 Å². The van der Waals surface area contributed by atoms with Gasteiger partial charge in [-0.3, -0.25) is 0 Å². The molecule has 0 unspecified atom stereocenters. The smallest absolute Gasteiger partial charge is 0.200 e. The minimum Gasteiger partial charge on any atom is -0.204 e. The zero-order valence-corrected chi connectivity index (χ0v) is 10.6. The lowest BCUT2D eigenvalue weighted by Crippen LogP contribution is -2.07. The van der Waals surface area contributed by atoms with Crippen LogP contribution in [-0.4, -0.2) is 0 Å². The number of hydrogen-bond acceptors (Lipinski definition) is 0. The molecule has 2 aromatic carbocycles. The number of benzene rings is 2. The molecule has 0 fully saturated rings. The molecule has 0 saturated carbocycles. The van der Waals surface area contributed by atoms with Gasteiger partial charge in [0.05, 0.1) is 5.56 Å². The molecule has 0 aliphatic rings. The first-order valence-electron chi connectivity index (χ1n) is 5.36. The minimum absolute atomic E-state index is 0.216. The van der Waals surface area contributed by atoms with Gasteiger partial charge in [-0.2, -0.15) is 0 Å². The van der Waals surface area contributed by atoms with Gasteiger partial charge >= 0.3 is 0 Å². The Kier molecular flexibility index (Phi) is 5.32. The first-order chi connectivity index (χ1) is 10.7. The number of rotatable bonds is 1. The van der Waals surface area contributed by atoms with Gasteiger partial charge in [0.15, 0.2) is 46.5 Å². The molecule has 0 heterocycles. The van der Waals surface area contributed by atoms with Crippen LogP contribution < -0.4 is 0 Å². The van der Waals surface area contributed by atoms with Crippen molar-refractivity contribution in [2.24, 2.45) is 0 Å². The Labute approximate surface area is 123 Å². The average Bonchev–Trinajstić information content (AvgIpc) is 2.55. The second-order valence-electron chi connectivity index (χ2n) is 3.79. The fourth-order valence-electron chi connectivity index (χ4n) is 1.60. The van der Waals surface area contributed by atoms with Gasteiger partial charge < -0.3 is 0 Å². The van der Waals surface area contributed by atoms with Gasteiger partial charge in [0.25, 0.3) is 0 Å². The maximum Gasteiger partial charge on any atom is 0.200 e. The lowest BCUT2D eigenvalue weighted by atomic mass is 10.0. The summed E-state index contributed by atoms with van der Waals surface area (Å²) in [5.74, 6) is -21.5. The maximum atomic E-state index is 13.4. The average molecular weight is 342 g/mol. The van der Waals surface area contributed by atoms with Crippen molar-refractivity contribution in [3.8, 4) is 24.0 Å². The van der Waals surface area contributed by atoms with Gasteiger partial charge in [0.1, 0.15) is 0 Å². The third-order valence-electron chi connectivity index (χ3n) is 2.58. The maximum absolute atomic E-state index is 13.4. The summed E-state index contributed by atoms with van der Waals surface area (Å²) >= 11 is 0. The third-order valence-corrected chi connectivity index (χ3v) is 2.58. The lowest BCUT2D eigenvalue weighted by Gasteiger charge is -2.10. The molecule has 0 bridgehead atoms. The van der Waals surface area contributed by atoms with E-state index in [-0.39, 0.29) is 6.07 Å². The van der Waals surface area contributed by atoms with Crippen LogP contribution in [0, 0.1) is 65.2 Å². The third kappa shape index (κ3) is 2.84. The summed E-state index contributed by atoms with van der Waals surface area (Å²) in [6.07, 6.45) is 8.00. The SMILES string of the molecule is C#C.Fc1cc(-c2c(F)c(F)c(F)c(F)c2F)c(F)c(F)c1F. The van der Waals surface area contributed by atoms with E-state index >= 15 is 0 Å². The molecule has 122 valence electrons. The standard InChI is InChI=1S/C12HF9.C2H2/c13-3-1-2(5(14)9(18)6(3)15)4-7(16)10(19)12(21)11(20)8(4)17;1-2/h1H;1-2H. The van der Waals surface area contributed by atoms with Gasteiger partial charge in [0, 0.05) is 5.56 Å². The van der Waals surface area contributed by atoms with E-state index < -0.39 is 63.5 Å². The number of hydrogen-bond donors (Lipinski definition) is 0. The molecule has 0 amide bonds. The van der Waals surface area contributed by atoms with E-state index in [1.807, 2.05) is 0 Å². The van der Waals surface area contributed by atoms with Crippen LogP contribution in [0.2, 0.25) is 0 Å². The van der Waals surface area contributed by atoms with E-state index in [0.717, 1.165) is 0 Å². The summed E-state index contributed by atoms with van der Waals surface area (Å²) in [5, 5.41) is 0. The largest absolute Gasteiger partial charge is 0.204 e. The molecule has 9 heteroatoms. The second kappa shape index (κ2) is 6.64. The summed E-state index contributed by atoms with van der Waals surface area (Å²) in [6, 6.07) is -0.216. The van der Waals surface area contributed by atoms with Crippen LogP contribution >= 0.6 is 0 Å². The number of terminal acetylenes is 1. The van der Waals surface area contributed by atoms with E-state index in [1.165, 1.54) is 0 Å². The zero-order valence-electron chi connectivity index (χ0n) is 10.6. The van der Waals surface area contributed by atoms with Crippen molar-refractivity contribution >= 4 is 0 Å². The Balaban J connectivity index is 0.00000127. The Morgan fingerprint density at radius 3 is 1.26 bits per heavy atom. The van der Waals surface area contributed by atoms with Crippen LogP contribution in [-0.2, 0) is 0 Å². The van der Waals surface area contributed by atoms with Crippen LogP contribution in [0.5, 0.6) is 0 Å². The highest BCUT2D eigenvalue weighted by Gasteiger charge is 2.30. The van der Waals surface area contributed by atoms with Gasteiger partial charge in [-0.15, -0.1) is 12.8 Å². The van der Waals surface area contributed by atoms with E-state index in [1.54, 1.807) is 0 Å². The van der Waals surface area contributed by atoms with Crippen molar-refractivity contribution < 1.29 is 39.5 Å². The molecule has 0 radical (unpaired) electrons. The first kappa shape index (κ1) is 18.4. The molecule has 2 aromatic rings. The molecule has 2 rings (SSSR count). The van der Waals surface area contributed by atoms with E-state index in [2.05, 4.69) is 12.8 Å². The fourth-order valence-corrected chi connectivity index (χ4v) is 1.60.